The van der Waals surface area contributed by atoms with Gasteiger partial charge in [0.2, 0.25) is 0 Å². The molecule has 2 aromatic rings. The lowest BCUT2D eigenvalue weighted by atomic mass is 10.1. The van der Waals surface area contributed by atoms with Gasteiger partial charge in [-0.3, -0.25) is 4.79 Å². The molecule has 6 nitrogen and oxygen atoms in total. The van der Waals surface area contributed by atoms with Crippen LogP contribution in [0.3, 0.4) is 0 Å². The SMILES string of the molecule is COC(=O)c1cc(N=C2NC(=O)/C(=C/c3ccc(C)cc3)S2)ccc1O. The Morgan fingerprint density at radius 3 is 2.65 bits per heavy atom. The van der Waals surface area contributed by atoms with Gasteiger partial charge < -0.3 is 15.2 Å². The zero-order valence-electron chi connectivity index (χ0n) is 14.1. The van der Waals surface area contributed by atoms with E-state index < -0.39 is 5.97 Å². The van der Waals surface area contributed by atoms with E-state index in [4.69, 9.17) is 0 Å². The summed E-state index contributed by atoms with van der Waals surface area (Å²) in [7, 11) is 1.23. The van der Waals surface area contributed by atoms with Gasteiger partial charge in [0, 0.05) is 0 Å². The first-order valence-electron chi connectivity index (χ1n) is 7.74. The second-order valence-corrected chi connectivity index (χ2v) is 6.62. The van der Waals surface area contributed by atoms with Gasteiger partial charge in [-0.05, 0) is 48.5 Å². The summed E-state index contributed by atoms with van der Waals surface area (Å²) >= 11 is 1.21. The number of nitrogens with one attached hydrogen (secondary N) is 1. The smallest absolute Gasteiger partial charge is 0.341 e. The Morgan fingerprint density at radius 2 is 1.96 bits per heavy atom. The van der Waals surface area contributed by atoms with Gasteiger partial charge in [-0.2, -0.15) is 0 Å². The van der Waals surface area contributed by atoms with Crippen LogP contribution in [0.25, 0.3) is 6.08 Å². The van der Waals surface area contributed by atoms with Gasteiger partial charge in [0.1, 0.15) is 11.3 Å². The third-order valence-corrected chi connectivity index (χ3v) is 4.55. The molecule has 0 aromatic heterocycles. The largest absolute Gasteiger partial charge is 0.507 e. The molecule has 26 heavy (non-hydrogen) atoms. The number of carbonyl (C=O) groups excluding carboxylic acids is 2. The quantitative estimate of drug-likeness (QED) is 0.640. The van der Waals surface area contributed by atoms with E-state index in [1.54, 1.807) is 12.1 Å². The van der Waals surface area contributed by atoms with E-state index in [9.17, 15) is 14.7 Å². The fourth-order valence-corrected chi connectivity index (χ4v) is 3.12. The van der Waals surface area contributed by atoms with Crippen LogP contribution in [0.1, 0.15) is 21.5 Å². The molecule has 0 bridgehead atoms. The third kappa shape index (κ3) is 3.94. The molecule has 2 N–H and O–H groups in total. The Kier molecular flexibility index (Phi) is 5.09. The van der Waals surface area contributed by atoms with Gasteiger partial charge in [0.05, 0.1) is 17.7 Å². The van der Waals surface area contributed by atoms with Crippen molar-refractivity contribution in [1.29, 1.82) is 0 Å². The minimum absolute atomic E-state index is 0.0131. The number of phenolic OH excluding ortho intramolecular Hbond substituents is 1. The van der Waals surface area contributed by atoms with Crippen molar-refractivity contribution in [3.05, 3.63) is 64.1 Å². The predicted molar refractivity (Wildman–Crippen MR) is 101 cm³/mol. The zero-order valence-corrected chi connectivity index (χ0v) is 15.0. The highest BCUT2D eigenvalue weighted by Crippen LogP contribution is 2.30. The van der Waals surface area contributed by atoms with Gasteiger partial charge in [0.15, 0.2) is 5.17 Å². The summed E-state index contributed by atoms with van der Waals surface area (Å²) < 4.78 is 4.62. The molecule has 0 aliphatic carbocycles. The predicted octanol–water partition coefficient (Wildman–Crippen LogP) is 3.38. The van der Waals surface area contributed by atoms with Crippen molar-refractivity contribution in [3.8, 4) is 5.75 Å². The summed E-state index contributed by atoms with van der Waals surface area (Å²) in [5.41, 5.74) is 2.50. The molecule has 3 rings (SSSR count). The van der Waals surface area contributed by atoms with Crippen LogP contribution in [0.5, 0.6) is 5.75 Å². The summed E-state index contributed by atoms with van der Waals surface area (Å²) in [4.78, 5) is 28.6. The molecular weight excluding hydrogens is 352 g/mol. The van der Waals surface area contributed by atoms with Gasteiger partial charge >= 0.3 is 5.97 Å². The van der Waals surface area contributed by atoms with Crippen LogP contribution in [0.15, 0.2) is 52.4 Å². The number of nitrogens with zero attached hydrogens (tertiary/aromatic N) is 1. The standard InChI is InChI=1S/C19H16N2O4S/c1-11-3-5-12(6-4-11)9-16-17(23)21-19(26-16)20-13-7-8-15(22)14(10-13)18(24)25-2/h3-10,22H,1-2H3,(H,20,21,23)/b16-9-. The fraction of sp³-hybridized carbons (Fsp3) is 0.105. The lowest BCUT2D eigenvalue weighted by molar-refractivity contribution is -0.115. The van der Waals surface area contributed by atoms with Crippen LogP contribution in [0, 0.1) is 6.92 Å². The molecule has 0 radical (unpaired) electrons. The Labute approximate surface area is 154 Å². The van der Waals surface area contributed by atoms with E-state index in [-0.39, 0.29) is 17.2 Å². The van der Waals surface area contributed by atoms with Crippen molar-refractivity contribution in [2.24, 2.45) is 4.99 Å². The maximum atomic E-state index is 12.1. The van der Waals surface area contributed by atoms with Crippen LogP contribution in [-0.4, -0.2) is 29.3 Å². The van der Waals surface area contributed by atoms with Crippen LogP contribution in [0.2, 0.25) is 0 Å². The maximum absolute atomic E-state index is 12.1. The molecular formula is C19H16N2O4S. The average molecular weight is 368 g/mol. The maximum Gasteiger partial charge on any atom is 0.341 e. The van der Waals surface area contributed by atoms with Crippen LogP contribution in [0.4, 0.5) is 5.69 Å². The highest BCUT2D eigenvalue weighted by molar-refractivity contribution is 8.18. The van der Waals surface area contributed by atoms with Crippen molar-refractivity contribution in [1.82, 2.24) is 5.32 Å². The first-order chi connectivity index (χ1) is 12.5. The summed E-state index contributed by atoms with van der Waals surface area (Å²) in [5.74, 6) is -1.09. The minimum atomic E-state index is -0.660. The average Bonchev–Trinajstić information content (AvgIpc) is 2.97. The van der Waals surface area contributed by atoms with Crippen LogP contribution < -0.4 is 5.32 Å². The molecule has 2 aromatic carbocycles. The summed E-state index contributed by atoms with van der Waals surface area (Å²) in [6.45, 7) is 2.00. The van der Waals surface area contributed by atoms with Crippen molar-refractivity contribution < 1.29 is 19.4 Å². The molecule has 1 saturated heterocycles. The summed E-state index contributed by atoms with van der Waals surface area (Å²) in [5, 5.41) is 12.8. The molecule has 1 amide bonds. The summed E-state index contributed by atoms with van der Waals surface area (Å²) in [6, 6.07) is 12.1. The summed E-state index contributed by atoms with van der Waals surface area (Å²) in [6.07, 6.45) is 1.79. The van der Waals surface area contributed by atoms with E-state index in [1.807, 2.05) is 31.2 Å². The molecule has 7 heteroatoms. The van der Waals surface area contributed by atoms with Crippen molar-refractivity contribution >= 4 is 40.6 Å². The first kappa shape index (κ1) is 17.8. The number of carbonyl (C=O) groups is 2. The van der Waals surface area contributed by atoms with Crippen molar-refractivity contribution in [2.75, 3.05) is 7.11 Å². The van der Waals surface area contributed by atoms with Crippen LogP contribution in [-0.2, 0) is 9.53 Å². The van der Waals surface area contributed by atoms with Gasteiger partial charge in [-0.1, -0.05) is 29.8 Å². The number of rotatable bonds is 3. The fourth-order valence-electron chi connectivity index (χ4n) is 2.28. The van der Waals surface area contributed by atoms with Crippen molar-refractivity contribution in [3.63, 3.8) is 0 Å². The number of amides is 1. The van der Waals surface area contributed by atoms with E-state index in [1.165, 1.54) is 31.0 Å². The first-order valence-corrected chi connectivity index (χ1v) is 8.55. The van der Waals surface area contributed by atoms with Crippen LogP contribution >= 0.6 is 11.8 Å². The van der Waals surface area contributed by atoms with Gasteiger partial charge in [-0.25, -0.2) is 9.79 Å². The third-order valence-electron chi connectivity index (χ3n) is 3.64. The van der Waals surface area contributed by atoms with Gasteiger partial charge in [0.25, 0.3) is 5.91 Å². The number of amidine groups is 1. The van der Waals surface area contributed by atoms with E-state index >= 15 is 0 Å². The molecule has 1 fully saturated rings. The number of aromatic hydroxyl groups is 1. The molecule has 1 heterocycles. The number of thioether (sulfide) groups is 1. The lowest BCUT2D eigenvalue weighted by Gasteiger charge is -2.03. The number of aliphatic imine (C=N–C) groups is 1. The molecule has 0 unspecified atom stereocenters. The molecule has 1 aliphatic heterocycles. The second-order valence-electron chi connectivity index (χ2n) is 5.59. The van der Waals surface area contributed by atoms with E-state index in [0.717, 1.165) is 11.1 Å². The Morgan fingerprint density at radius 1 is 1.23 bits per heavy atom. The van der Waals surface area contributed by atoms with E-state index in [0.29, 0.717) is 15.8 Å². The monoisotopic (exact) mass is 368 g/mol. The topological polar surface area (TPSA) is 88.0 Å². The highest BCUT2D eigenvalue weighted by Gasteiger charge is 2.24. The molecule has 0 saturated carbocycles. The lowest BCUT2D eigenvalue weighted by Crippen LogP contribution is -2.19. The number of aryl methyl sites for hydroxylation is 1. The minimum Gasteiger partial charge on any atom is -0.507 e. The number of methoxy groups -OCH3 is 1. The Bertz CT molecular complexity index is 933. The van der Waals surface area contributed by atoms with Crippen molar-refractivity contribution in [2.45, 2.75) is 6.92 Å². The molecule has 1 aliphatic rings. The molecule has 132 valence electrons. The number of esters is 1. The van der Waals surface area contributed by atoms with Gasteiger partial charge in [-0.15, -0.1) is 0 Å². The highest BCUT2D eigenvalue weighted by atomic mass is 32.2. The van der Waals surface area contributed by atoms with E-state index in [2.05, 4.69) is 15.0 Å². The number of hydrogen-bond acceptors (Lipinski definition) is 6. The Hall–Kier alpha value is -3.06. The number of phenols is 1. The second kappa shape index (κ2) is 7.45. The molecule has 0 spiro atoms. The number of ether oxygens (including phenoxy) is 1. The normalized spacial score (nSPS) is 16.8. The zero-order chi connectivity index (χ0) is 18.7. The number of benzene rings is 2. The molecule has 0 atom stereocenters. The Balaban J connectivity index is 1.84. The number of hydrogen-bond donors (Lipinski definition) is 2.